The van der Waals surface area contributed by atoms with Crippen molar-refractivity contribution >= 4 is 54.2 Å². The van der Waals surface area contributed by atoms with E-state index in [9.17, 15) is 18.0 Å². The molecule has 5 N–H and O–H groups in total. The highest BCUT2D eigenvalue weighted by Crippen LogP contribution is 2.30. The van der Waals surface area contributed by atoms with E-state index >= 15 is 0 Å². The molecule has 0 aliphatic rings. The van der Waals surface area contributed by atoms with Crippen molar-refractivity contribution in [2.75, 3.05) is 4.72 Å². The second-order valence-corrected chi connectivity index (χ2v) is 8.23. The lowest BCUT2D eigenvalue weighted by Crippen LogP contribution is -2.18. The first-order valence-electron chi connectivity index (χ1n) is 7.64. The van der Waals surface area contributed by atoms with Gasteiger partial charge in [0, 0.05) is 21.0 Å². The molecule has 7 nitrogen and oxygen atoms in total. The average Bonchev–Trinajstić information content (AvgIpc) is 2.61. The molecule has 0 saturated heterocycles. The summed E-state index contributed by atoms with van der Waals surface area (Å²) in [6.45, 7) is 0. The number of primary amides is 2. The SMILES string of the molecule is NC(=O)c1cc(NS(=O)(=O)c2ccc(Br)c3ccccc23)cc(C(N)=O)c1. The fraction of sp³-hybridized carbons (Fsp3) is 0. The number of sulfonamides is 1. The van der Waals surface area contributed by atoms with Crippen LogP contribution in [0.5, 0.6) is 0 Å². The van der Waals surface area contributed by atoms with Crippen LogP contribution in [-0.2, 0) is 10.0 Å². The van der Waals surface area contributed by atoms with Gasteiger partial charge < -0.3 is 11.5 Å². The molecule has 0 radical (unpaired) electrons. The molecule has 0 bridgehead atoms. The third-order valence-electron chi connectivity index (χ3n) is 3.87. The fourth-order valence-corrected chi connectivity index (χ4v) is 4.38. The first kappa shape index (κ1) is 18.9. The lowest BCUT2D eigenvalue weighted by atomic mass is 10.1. The Labute approximate surface area is 163 Å². The van der Waals surface area contributed by atoms with Crippen LogP contribution in [0.15, 0.2) is 64.0 Å². The Balaban J connectivity index is 2.12. The van der Waals surface area contributed by atoms with Gasteiger partial charge in [-0.3, -0.25) is 14.3 Å². The summed E-state index contributed by atoms with van der Waals surface area (Å²) in [6.07, 6.45) is 0. The van der Waals surface area contributed by atoms with Crippen molar-refractivity contribution in [3.05, 3.63) is 70.2 Å². The normalized spacial score (nSPS) is 11.3. The van der Waals surface area contributed by atoms with Crippen LogP contribution in [0.3, 0.4) is 0 Å². The fourth-order valence-electron chi connectivity index (χ4n) is 2.65. The highest BCUT2D eigenvalue weighted by molar-refractivity contribution is 9.10. The van der Waals surface area contributed by atoms with E-state index < -0.39 is 21.8 Å². The number of carbonyl (C=O) groups excluding carboxylic acids is 2. The molecule has 2 amide bonds. The predicted molar refractivity (Wildman–Crippen MR) is 106 cm³/mol. The largest absolute Gasteiger partial charge is 0.366 e. The summed E-state index contributed by atoms with van der Waals surface area (Å²) in [5.74, 6) is -1.62. The summed E-state index contributed by atoms with van der Waals surface area (Å²) < 4.78 is 29.0. The number of amides is 2. The molecule has 0 aliphatic heterocycles. The molecule has 3 aromatic rings. The number of hydrogen-bond acceptors (Lipinski definition) is 4. The molecule has 0 aromatic heterocycles. The van der Waals surface area contributed by atoms with E-state index in [4.69, 9.17) is 11.5 Å². The number of halogens is 1. The molecule has 9 heteroatoms. The van der Waals surface area contributed by atoms with Crippen LogP contribution in [0, 0.1) is 0 Å². The zero-order valence-electron chi connectivity index (χ0n) is 13.8. The van der Waals surface area contributed by atoms with Crippen LogP contribution in [0.1, 0.15) is 20.7 Å². The third kappa shape index (κ3) is 3.79. The first-order chi connectivity index (χ1) is 12.7. The highest BCUT2D eigenvalue weighted by Gasteiger charge is 2.20. The second-order valence-electron chi connectivity index (χ2n) is 5.72. The van der Waals surface area contributed by atoms with Crippen molar-refractivity contribution in [1.82, 2.24) is 0 Å². The van der Waals surface area contributed by atoms with Crippen LogP contribution in [-0.4, -0.2) is 20.2 Å². The topological polar surface area (TPSA) is 132 Å². The molecule has 0 unspecified atom stereocenters. The monoisotopic (exact) mass is 447 g/mol. The molecule has 27 heavy (non-hydrogen) atoms. The molecule has 3 rings (SSSR count). The molecule has 0 spiro atoms. The summed E-state index contributed by atoms with van der Waals surface area (Å²) in [5, 5.41) is 1.24. The van der Waals surface area contributed by atoms with Crippen molar-refractivity contribution in [1.29, 1.82) is 0 Å². The van der Waals surface area contributed by atoms with Gasteiger partial charge in [-0.2, -0.15) is 0 Å². The number of hydrogen-bond donors (Lipinski definition) is 3. The zero-order valence-corrected chi connectivity index (χ0v) is 16.2. The first-order valence-corrected chi connectivity index (χ1v) is 9.91. The molecule has 0 heterocycles. The molecular weight excluding hydrogens is 434 g/mol. The van der Waals surface area contributed by atoms with Crippen LogP contribution < -0.4 is 16.2 Å². The number of nitrogens with one attached hydrogen (secondary N) is 1. The van der Waals surface area contributed by atoms with Gasteiger partial charge in [0.25, 0.3) is 10.0 Å². The number of carbonyl (C=O) groups is 2. The maximum absolute atomic E-state index is 12.9. The van der Waals surface area contributed by atoms with E-state index in [0.29, 0.717) is 5.39 Å². The molecule has 0 saturated carbocycles. The molecular formula is C18H14BrN3O4S. The van der Waals surface area contributed by atoms with Gasteiger partial charge in [-0.1, -0.05) is 40.2 Å². The second kappa shape index (κ2) is 7.01. The lowest BCUT2D eigenvalue weighted by molar-refractivity contribution is 0.0999. The third-order valence-corrected chi connectivity index (χ3v) is 6.01. The molecule has 0 fully saturated rings. The Morgan fingerprint density at radius 2 is 1.41 bits per heavy atom. The number of anilines is 1. The summed E-state index contributed by atoms with van der Waals surface area (Å²) in [4.78, 5) is 23.0. The Kier molecular flexibility index (Phi) is 4.90. The van der Waals surface area contributed by atoms with Gasteiger partial charge in [-0.15, -0.1) is 0 Å². The Hall–Kier alpha value is -2.91. The van der Waals surface area contributed by atoms with E-state index in [1.807, 2.05) is 0 Å². The molecule has 3 aromatic carbocycles. The van der Waals surface area contributed by atoms with E-state index in [0.717, 1.165) is 9.86 Å². The van der Waals surface area contributed by atoms with Crippen molar-refractivity contribution in [3.63, 3.8) is 0 Å². The molecule has 138 valence electrons. The van der Waals surface area contributed by atoms with Crippen LogP contribution >= 0.6 is 15.9 Å². The Morgan fingerprint density at radius 1 is 0.852 bits per heavy atom. The lowest BCUT2D eigenvalue weighted by Gasteiger charge is -2.13. The van der Waals surface area contributed by atoms with Crippen molar-refractivity contribution in [2.45, 2.75) is 4.90 Å². The minimum atomic E-state index is -4.02. The van der Waals surface area contributed by atoms with Crippen LogP contribution in [0.25, 0.3) is 10.8 Å². The van der Waals surface area contributed by atoms with Crippen molar-refractivity contribution in [2.24, 2.45) is 11.5 Å². The average molecular weight is 448 g/mol. The maximum Gasteiger partial charge on any atom is 0.262 e. The minimum Gasteiger partial charge on any atom is -0.366 e. The van der Waals surface area contributed by atoms with Crippen molar-refractivity contribution < 1.29 is 18.0 Å². The summed E-state index contributed by atoms with van der Waals surface area (Å²) >= 11 is 3.40. The quantitative estimate of drug-likeness (QED) is 0.554. The van der Waals surface area contributed by atoms with E-state index in [2.05, 4.69) is 20.7 Å². The van der Waals surface area contributed by atoms with Gasteiger partial charge >= 0.3 is 0 Å². The number of rotatable bonds is 5. The van der Waals surface area contributed by atoms with Gasteiger partial charge in [0.05, 0.1) is 10.6 Å². The number of fused-ring (bicyclic) bond motifs is 1. The van der Waals surface area contributed by atoms with Crippen LogP contribution in [0.4, 0.5) is 5.69 Å². The summed E-state index contributed by atoms with van der Waals surface area (Å²) in [7, 11) is -4.02. The zero-order chi connectivity index (χ0) is 19.8. The van der Waals surface area contributed by atoms with Gasteiger partial charge in [0.15, 0.2) is 0 Å². The van der Waals surface area contributed by atoms with Gasteiger partial charge in [0.2, 0.25) is 11.8 Å². The molecule has 0 atom stereocenters. The number of nitrogens with two attached hydrogens (primary N) is 2. The maximum atomic E-state index is 12.9. The van der Waals surface area contributed by atoms with Gasteiger partial charge in [-0.05, 0) is 35.7 Å². The highest BCUT2D eigenvalue weighted by atomic mass is 79.9. The Bertz CT molecular complexity index is 1160. The van der Waals surface area contributed by atoms with E-state index in [1.165, 1.54) is 24.3 Å². The molecule has 0 aliphatic carbocycles. The van der Waals surface area contributed by atoms with E-state index in [1.54, 1.807) is 30.3 Å². The predicted octanol–water partition coefficient (Wildman–Crippen LogP) is 2.60. The van der Waals surface area contributed by atoms with Gasteiger partial charge in [-0.25, -0.2) is 8.42 Å². The van der Waals surface area contributed by atoms with E-state index in [-0.39, 0.29) is 21.7 Å². The van der Waals surface area contributed by atoms with Crippen LogP contribution in [0.2, 0.25) is 0 Å². The summed E-state index contributed by atoms with van der Waals surface area (Å²) in [6, 6.07) is 13.8. The standard InChI is InChI=1S/C18H14BrN3O4S/c19-15-5-6-16(14-4-2-1-3-13(14)15)27(25,26)22-12-8-10(17(20)23)7-11(9-12)18(21)24/h1-9,22H,(H2,20,23)(H2,21,24). The van der Waals surface area contributed by atoms with Crippen molar-refractivity contribution in [3.8, 4) is 0 Å². The minimum absolute atomic E-state index is 0.00657. The summed E-state index contributed by atoms with van der Waals surface area (Å²) in [5.41, 5.74) is 10.4. The Morgan fingerprint density at radius 3 is 1.96 bits per heavy atom. The smallest absolute Gasteiger partial charge is 0.262 e. The number of benzene rings is 3. The van der Waals surface area contributed by atoms with Gasteiger partial charge in [0.1, 0.15) is 0 Å².